The summed E-state index contributed by atoms with van der Waals surface area (Å²) < 4.78 is 20.4. The summed E-state index contributed by atoms with van der Waals surface area (Å²) >= 11 is 0. The number of hydrogen-bond acceptors (Lipinski definition) is 3. The Morgan fingerprint density at radius 1 is 0.931 bits per heavy atom. The van der Waals surface area contributed by atoms with Crippen LogP contribution in [-0.2, 0) is 9.53 Å². The summed E-state index contributed by atoms with van der Waals surface area (Å²) in [5, 5.41) is 0. The fourth-order valence-electron chi connectivity index (χ4n) is 3.23. The van der Waals surface area contributed by atoms with Crippen LogP contribution in [0.4, 0.5) is 10.1 Å². The van der Waals surface area contributed by atoms with Gasteiger partial charge in [-0.15, -0.1) is 0 Å². The van der Waals surface area contributed by atoms with Crippen LogP contribution in [0.5, 0.6) is 0 Å². The van der Waals surface area contributed by atoms with Crippen LogP contribution in [0.15, 0.2) is 60.7 Å². The average Bonchev–Trinajstić information content (AvgIpc) is 3.06. The molecule has 0 saturated heterocycles. The number of likely N-dealkylation sites (N-methyl/N-ethyl adjacent to an activating group) is 1. The van der Waals surface area contributed by atoms with Gasteiger partial charge in [0.1, 0.15) is 5.82 Å². The van der Waals surface area contributed by atoms with E-state index in [0.29, 0.717) is 17.8 Å². The van der Waals surface area contributed by atoms with E-state index in [1.807, 2.05) is 38.1 Å². The number of nitrogens with zero attached hydrogens (tertiary/aromatic N) is 2. The molecular formula is C23H23FN2O3. The minimum absolute atomic E-state index is 0.369. The van der Waals surface area contributed by atoms with Gasteiger partial charge in [-0.3, -0.25) is 4.79 Å². The summed E-state index contributed by atoms with van der Waals surface area (Å²) in [6.45, 7) is 5.82. The third-order valence-electron chi connectivity index (χ3n) is 4.71. The van der Waals surface area contributed by atoms with E-state index in [0.717, 1.165) is 17.1 Å². The van der Waals surface area contributed by atoms with Gasteiger partial charge in [0.25, 0.3) is 5.91 Å². The number of aryl methyl sites for hydroxylation is 2. The number of amides is 1. The number of anilines is 1. The SMILES string of the molecule is CCN(C(=O)COC(=O)c1ccc(-n2c(C)ccc2C)cc1)c1ccc(F)cc1. The molecule has 1 amide bonds. The number of ether oxygens (including phenoxy) is 1. The predicted molar refractivity (Wildman–Crippen MR) is 110 cm³/mol. The second-order valence-electron chi connectivity index (χ2n) is 6.69. The Kier molecular flexibility index (Phi) is 6.12. The first-order chi connectivity index (χ1) is 13.9. The number of carbonyl (C=O) groups excluding carboxylic acids is 2. The molecule has 0 bridgehead atoms. The molecule has 0 saturated carbocycles. The van der Waals surface area contributed by atoms with Gasteiger partial charge in [-0.1, -0.05) is 0 Å². The van der Waals surface area contributed by atoms with Crippen molar-refractivity contribution in [3.8, 4) is 5.69 Å². The van der Waals surface area contributed by atoms with Crippen molar-refractivity contribution in [1.29, 1.82) is 0 Å². The van der Waals surface area contributed by atoms with Crippen LogP contribution in [0, 0.1) is 19.7 Å². The van der Waals surface area contributed by atoms with E-state index in [1.54, 1.807) is 19.1 Å². The van der Waals surface area contributed by atoms with Crippen molar-refractivity contribution < 1.29 is 18.7 Å². The van der Waals surface area contributed by atoms with Crippen molar-refractivity contribution in [1.82, 2.24) is 4.57 Å². The summed E-state index contributed by atoms with van der Waals surface area (Å²) in [5.74, 6) is -1.32. The van der Waals surface area contributed by atoms with E-state index in [1.165, 1.54) is 29.2 Å². The molecule has 6 heteroatoms. The van der Waals surface area contributed by atoms with E-state index in [-0.39, 0.29) is 18.3 Å². The maximum atomic E-state index is 13.1. The highest BCUT2D eigenvalue weighted by molar-refractivity contribution is 5.97. The fourth-order valence-corrected chi connectivity index (χ4v) is 3.23. The molecule has 0 spiro atoms. The normalized spacial score (nSPS) is 10.6. The number of esters is 1. The van der Waals surface area contributed by atoms with Gasteiger partial charge in [-0.05, 0) is 81.4 Å². The summed E-state index contributed by atoms with van der Waals surface area (Å²) in [5.41, 5.74) is 4.07. The van der Waals surface area contributed by atoms with Crippen molar-refractivity contribution in [2.24, 2.45) is 0 Å². The first-order valence-electron chi connectivity index (χ1n) is 9.39. The molecule has 0 aliphatic rings. The van der Waals surface area contributed by atoms with Crippen LogP contribution in [0.2, 0.25) is 0 Å². The Morgan fingerprint density at radius 2 is 1.52 bits per heavy atom. The summed E-state index contributed by atoms with van der Waals surface area (Å²) in [6.07, 6.45) is 0. The molecule has 0 atom stereocenters. The van der Waals surface area contributed by atoms with Gasteiger partial charge >= 0.3 is 5.97 Å². The summed E-state index contributed by atoms with van der Waals surface area (Å²) in [6, 6.07) is 16.7. The molecule has 0 aliphatic carbocycles. The zero-order valence-corrected chi connectivity index (χ0v) is 16.7. The van der Waals surface area contributed by atoms with Crippen molar-refractivity contribution in [3.63, 3.8) is 0 Å². The lowest BCUT2D eigenvalue weighted by atomic mass is 10.2. The topological polar surface area (TPSA) is 51.5 Å². The first-order valence-corrected chi connectivity index (χ1v) is 9.39. The van der Waals surface area contributed by atoms with Crippen LogP contribution in [0.3, 0.4) is 0 Å². The number of aromatic nitrogens is 1. The molecule has 0 N–H and O–H groups in total. The largest absolute Gasteiger partial charge is 0.452 e. The lowest BCUT2D eigenvalue weighted by molar-refractivity contribution is -0.121. The van der Waals surface area contributed by atoms with Crippen LogP contribution < -0.4 is 4.90 Å². The first kappa shape index (κ1) is 20.3. The van der Waals surface area contributed by atoms with Crippen molar-refractivity contribution in [3.05, 3.63) is 83.4 Å². The van der Waals surface area contributed by atoms with Gasteiger partial charge in [0, 0.05) is 29.3 Å². The Bertz CT molecular complexity index is 988. The standard InChI is InChI=1S/C23H23FN2O3/c1-4-25(20-13-9-19(24)10-14-20)22(27)15-29-23(28)18-7-11-21(12-8-18)26-16(2)5-6-17(26)3/h5-14H,4,15H2,1-3H3. The van der Waals surface area contributed by atoms with Crippen LogP contribution in [-0.4, -0.2) is 29.6 Å². The monoisotopic (exact) mass is 394 g/mol. The van der Waals surface area contributed by atoms with Crippen molar-refractivity contribution >= 4 is 17.6 Å². The Labute approximate surface area is 169 Å². The quantitative estimate of drug-likeness (QED) is 0.581. The molecule has 1 heterocycles. The van der Waals surface area contributed by atoms with Gasteiger partial charge in [0.2, 0.25) is 0 Å². The van der Waals surface area contributed by atoms with E-state index < -0.39 is 5.97 Å². The highest BCUT2D eigenvalue weighted by Gasteiger charge is 2.17. The minimum atomic E-state index is -0.569. The lowest BCUT2D eigenvalue weighted by Crippen LogP contribution is -2.34. The Morgan fingerprint density at radius 3 is 2.07 bits per heavy atom. The molecule has 1 aromatic heterocycles. The van der Waals surface area contributed by atoms with Gasteiger partial charge < -0.3 is 14.2 Å². The number of carbonyl (C=O) groups is 2. The minimum Gasteiger partial charge on any atom is -0.452 e. The maximum Gasteiger partial charge on any atom is 0.338 e. The molecular weight excluding hydrogens is 371 g/mol. The van der Waals surface area contributed by atoms with E-state index in [2.05, 4.69) is 4.57 Å². The van der Waals surface area contributed by atoms with Gasteiger partial charge in [0.15, 0.2) is 6.61 Å². The zero-order chi connectivity index (χ0) is 21.0. The molecule has 2 aromatic carbocycles. The molecule has 3 rings (SSSR count). The van der Waals surface area contributed by atoms with Crippen molar-refractivity contribution in [2.45, 2.75) is 20.8 Å². The second-order valence-corrected chi connectivity index (χ2v) is 6.69. The summed E-state index contributed by atoms with van der Waals surface area (Å²) in [7, 11) is 0. The molecule has 0 fully saturated rings. The van der Waals surface area contributed by atoms with E-state index in [4.69, 9.17) is 4.74 Å². The lowest BCUT2D eigenvalue weighted by Gasteiger charge is -2.20. The van der Waals surface area contributed by atoms with Crippen LogP contribution >= 0.6 is 0 Å². The molecule has 0 unspecified atom stereocenters. The van der Waals surface area contributed by atoms with Gasteiger partial charge in [-0.2, -0.15) is 0 Å². The highest BCUT2D eigenvalue weighted by Crippen LogP contribution is 2.18. The average molecular weight is 394 g/mol. The second kappa shape index (κ2) is 8.73. The summed E-state index contributed by atoms with van der Waals surface area (Å²) in [4.78, 5) is 26.2. The number of halogens is 1. The van der Waals surface area contributed by atoms with E-state index in [9.17, 15) is 14.0 Å². The van der Waals surface area contributed by atoms with E-state index >= 15 is 0 Å². The Hall–Kier alpha value is -3.41. The number of benzene rings is 2. The van der Waals surface area contributed by atoms with Gasteiger partial charge in [-0.25, -0.2) is 9.18 Å². The number of hydrogen-bond donors (Lipinski definition) is 0. The fraction of sp³-hybridized carbons (Fsp3) is 0.217. The van der Waals surface area contributed by atoms with Gasteiger partial charge in [0.05, 0.1) is 5.56 Å². The predicted octanol–water partition coefficient (Wildman–Crippen LogP) is 4.44. The molecule has 29 heavy (non-hydrogen) atoms. The molecule has 3 aromatic rings. The van der Waals surface area contributed by atoms with Crippen LogP contribution in [0.25, 0.3) is 5.69 Å². The third kappa shape index (κ3) is 4.54. The molecule has 0 aliphatic heterocycles. The molecule has 5 nitrogen and oxygen atoms in total. The Balaban J connectivity index is 1.64. The highest BCUT2D eigenvalue weighted by atomic mass is 19.1. The molecule has 150 valence electrons. The molecule has 0 radical (unpaired) electrons. The zero-order valence-electron chi connectivity index (χ0n) is 16.7. The third-order valence-corrected chi connectivity index (χ3v) is 4.71. The number of rotatable bonds is 6. The van der Waals surface area contributed by atoms with Crippen LogP contribution in [0.1, 0.15) is 28.7 Å². The van der Waals surface area contributed by atoms with Crippen molar-refractivity contribution in [2.75, 3.05) is 18.1 Å². The smallest absolute Gasteiger partial charge is 0.338 e. The maximum absolute atomic E-state index is 13.1.